The lowest BCUT2D eigenvalue weighted by molar-refractivity contribution is -0.136. The summed E-state index contributed by atoms with van der Waals surface area (Å²) in [7, 11) is 1.54. The van der Waals surface area contributed by atoms with E-state index in [1.165, 1.54) is 0 Å². The Kier molecular flexibility index (Phi) is 4.19. The second-order valence-electron chi connectivity index (χ2n) is 5.78. The lowest BCUT2D eigenvalue weighted by Gasteiger charge is -2.08. The van der Waals surface area contributed by atoms with Gasteiger partial charge in [-0.3, -0.25) is 14.2 Å². The number of nitrogens with zero attached hydrogens (tertiary/aromatic N) is 1. The van der Waals surface area contributed by atoms with Crippen molar-refractivity contribution in [1.29, 1.82) is 0 Å². The Balaban J connectivity index is 2.23. The lowest BCUT2D eigenvalue weighted by Crippen LogP contribution is -2.14. The third kappa shape index (κ3) is 2.94. The number of aliphatic carboxylic acids is 1. The molecule has 0 saturated carbocycles. The van der Waals surface area contributed by atoms with E-state index in [-0.39, 0.29) is 12.3 Å². The van der Waals surface area contributed by atoms with Gasteiger partial charge in [0.15, 0.2) is 0 Å². The number of hydrogen-bond acceptors (Lipinski definition) is 4. The molecule has 0 aliphatic carbocycles. The predicted molar refractivity (Wildman–Crippen MR) is 95.1 cm³/mol. The number of aromatic nitrogens is 1. The summed E-state index contributed by atoms with van der Waals surface area (Å²) in [6.07, 6.45) is -0.169. The van der Waals surface area contributed by atoms with Crippen molar-refractivity contribution >= 4 is 28.5 Å². The fourth-order valence-electron chi connectivity index (χ4n) is 2.98. The molecule has 3 aromatic rings. The van der Waals surface area contributed by atoms with E-state index in [1.807, 2.05) is 0 Å². The number of fused-ring (bicyclic) bond motifs is 1. The molecule has 1 aromatic heterocycles. The van der Waals surface area contributed by atoms with Crippen molar-refractivity contribution in [2.75, 3.05) is 12.8 Å². The van der Waals surface area contributed by atoms with Gasteiger partial charge in [0.05, 0.1) is 19.0 Å². The molecule has 0 bridgehead atoms. The summed E-state index contributed by atoms with van der Waals surface area (Å²) in [5, 5.41) is 9.93. The topological polar surface area (TPSA) is 94.5 Å². The van der Waals surface area contributed by atoms with Crippen molar-refractivity contribution < 1.29 is 19.4 Å². The van der Waals surface area contributed by atoms with Gasteiger partial charge in [-0.15, -0.1) is 0 Å². The second-order valence-corrected chi connectivity index (χ2v) is 5.78. The van der Waals surface area contributed by atoms with Gasteiger partial charge in [-0.2, -0.15) is 0 Å². The highest BCUT2D eigenvalue weighted by molar-refractivity contribution is 6.05. The van der Waals surface area contributed by atoms with Gasteiger partial charge in [0.2, 0.25) is 0 Å². The van der Waals surface area contributed by atoms with E-state index in [4.69, 9.17) is 10.5 Å². The molecule has 3 rings (SSSR count). The molecule has 0 atom stereocenters. The van der Waals surface area contributed by atoms with Crippen LogP contribution in [0.5, 0.6) is 5.75 Å². The smallest absolute Gasteiger partial charge is 0.307 e. The monoisotopic (exact) mass is 338 g/mol. The highest BCUT2D eigenvalue weighted by atomic mass is 16.5. The molecule has 0 fully saturated rings. The number of nitrogen functional groups attached to an aromatic ring is 1. The van der Waals surface area contributed by atoms with Crippen LogP contribution < -0.4 is 10.5 Å². The normalized spacial score (nSPS) is 10.8. The molecular formula is C19H18N2O4. The maximum absolute atomic E-state index is 13.0. The number of methoxy groups -OCH3 is 1. The van der Waals surface area contributed by atoms with E-state index < -0.39 is 5.97 Å². The van der Waals surface area contributed by atoms with E-state index in [9.17, 15) is 14.7 Å². The minimum Gasteiger partial charge on any atom is -0.497 e. The second kappa shape index (κ2) is 6.32. The van der Waals surface area contributed by atoms with Crippen LogP contribution >= 0.6 is 0 Å². The van der Waals surface area contributed by atoms with Crippen LogP contribution in [-0.2, 0) is 11.2 Å². The van der Waals surface area contributed by atoms with E-state index in [2.05, 4.69) is 0 Å². The number of ether oxygens (including phenoxy) is 1. The van der Waals surface area contributed by atoms with E-state index in [1.54, 1.807) is 61.1 Å². The van der Waals surface area contributed by atoms with E-state index in [0.717, 1.165) is 0 Å². The van der Waals surface area contributed by atoms with Gasteiger partial charge >= 0.3 is 5.97 Å². The first-order chi connectivity index (χ1) is 11.9. The van der Waals surface area contributed by atoms with Gasteiger partial charge in [0, 0.05) is 22.3 Å². The summed E-state index contributed by atoms with van der Waals surface area (Å²) in [4.78, 5) is 24.3. The van der Waals surface area contributed by atoms with E-state index in [0.29, 0.717) is 39.2 Å². The van der Waals surface area contributed by atoms with Crippen LogP contribution in [0.3, 0.4) is 0 Å². The quantitative estimate of drug-likeness (QED) is 0.713. The van der Waals surface area contributed by atoms with Crippen LogP contribution in [0.4, 0.5) is 5.69 Å². The third-order valence-electron chi connectivity index (χ3n) is 4.23. The molecule has 3 N–H and O–H groups in total. The number of benzene rings is 2. The number of carbonyl (C=O) groups excluding carboxylic acids is 1. The van der Waals surface area contributed by atoms with Crippen molar-refractivity contribution in [1.82, 2.24) is 4.57 Å². The number of hydrogen-bond donors (Lipinski definition) is 2. The zero-order valence-corrected chi connectivity index (χ0v) is 13.9. The molecule has 6 heteroatoms. The average Bonchev–Trinajstić information content (AvgIpc) is 2.86. The van der Waals surface area contributed by atoms with Crippen molar-refractivity contribution in [3.8, 4) is 5.75 Å². The highest BCUT2D eigenvalue weighted by Gasteiger charge is 2.21. The molecule has 6 nitrogen and oxygen atoms in total. The number of nitrogens with two attached hydrogens (primary N) is 1. The van der Waals surface area contributed by atoms with Crippen LogP contribution in [0, 0.1) is 6.92 Å². The molecule has 128 valence electrons. The standard InChI is InChI=1S/C19H18N2O4/c1-11-15(10-18(22)23)16-9-14(25-2)7-8-17(16)21(11)19(24)12-3-5-13(20)6-4-12/h3-9H,10,20H2,1-2H3,(H,22,23). The number of carboxylic acids is 1. The molecule has 0 spiro atoms. The molecular weight excluding hydrogens is 320 g/mol. The molecule has 0 radical (unpaired) electrons. The Hall–Kier alpha value is -3.28. The summed E-state index contributed by atoms with van der Waals surface area (Å²) in [5.41, 5.74) is 8.59. The largest absolute Gasteiger partial charge is 0.497 e. The van der Waals surface area contributed by atoms with Crippen molar-refractivity contribution in [3.63, 3.8) is 0 Å². The average molecular weight is 338 g/mol. The van der Waals surface area contributed by atoms with Crippen molar-refractivity contribution in [2.24, 2.45) is 0 Å². The highest BCUT2D eigenvalue weighted by Crippen LogP contribution is 2.30. The summed E-state index contributed by atoms with van der Waals surface area (Å²) < 4.78 is 6.77. The Labute approximate surface area is 144 Å². The summed E-state index contributed by atoms with van der Waals surface area (Å²) in [6.45, 7) is 1.75. The Bertz CT molecular complexity index is 971. The van der Waals surface area contributed by atoms with Crippen molar-refractivity contribution in [3.05, 3.63) is 59.3 Å². The minimum absolute atomic E-state index is 0.169. The van der Waals surface area contributed by atoms with Gasteiger partial charge in [-0.1, -0.05) is 0 Å². The maximum atomic E-state index is 13.0. The van der Waals surface area contributed by atoms with Gasteiger partial charge in [-0.05, 0) is 55.0 Å². The first-order valence-corrected chi connectivity index (χ1v) is 7.72. The Morgan fingerprint density at radius 2 is 1.84 bits per heavy atom. The number of carbonyl (C=O) groups is 2. The number of anilines is 1. The first kappa shape index (κ1) is 16.6. The fraction of sp³-hybridized carbons (Fsp3) is 0.158. The fourth-order valence-corrected chi connectivity index (χ4v) is 2.98. The molecule has 2 aromatic carbocycles. The number of carboxylic acid groups (broad SMARTS) is 1. The number of rotatable bonds is 4. The zero-order chi connectivity index (χ0) is 18.1. The van der Waals surface area contributed by atoms with Crippen LogP contribution in [0.1, 0.15) is 21.6 Å². The van der Waals surface area contributed by atoms with Gasteiger partial charge in [0.1, 0.15) is 5.75 Å². The molecule has 0 unspecified atom stereocenters. The summed E-state index contributed by atoms with van der Waals surface area (Å²) in [6, 6.07) is 11.9. The first-order valence-electron chi connectivity index (χ1n) is 7.72. The minimum atomic E-state index is -0.954. The van der Waals surface area contributed by atoms with Crippen molar-refractivity contribution in [2.45, 2.75) is 13.3 Å². The zero-order valence-electron chi connectivity index (χ0n) is 13.9. The molecule has 0 saturated heterocycles. The van der Waals surface area contributed by atoms with Crippen LogP contribution in [0.25, 0.3) is 10.9 Å². The van der Waals surface area contributed by atoms with Crippen LogP contribution in [0.15, 0.2) is 42.5 Å². The van der Waals surface area contributed by atoms with Gasteiger partial charge in [0.25, 0.3) is 5.91 Å². The maximum Gasteiger partial charge on any atom is 0.307 e. The SMILES string of the molecule is COc1ccc2c(c1)c(CC(=O)O)c(C)n2C(=O)c1ccc(N)cc1. The molecule has 0 amide bonds. The molecule has 0 aliphatic rings. The van der Waals surface area contributed by atoms with Gasteiger partial charge in [-0.25, -0.2) is 0 Å². The van der Waals surface area contributed by atoms with Crippen LogP contribution in [0.2, 0.25) is 0 Å². The lowest BCUT2D eigenvalue weighted by atomic mass is 10.1. The molecule has 25 heavy (non-hydrogen) atoms. The summed E-state index contributed by atoms with van der Waals surface area (Å²) >= 11 is 0. The predicted octanol–water partition coefficient (Wildman–Crippen LogP) is 2.86. The molecule has 1 heterocycles. The summed E-state index contributed by atoms with van der Waals surface area (Å²) in [5.74, 6) is -0.578. The van der Waals surface area contributed by atoms with Gasteiger partial charge < -0.3 is 15.6 Å². The Morgan fingerprint density at radius 3 is 2.44 bits per heavy atom. The van der Waals surface area contributed by atoms with E-state index >= 15 is 0 Å². The third-order valence-corrected chi connectivity index (χ3v) is 4.23. The Morgan fingerprint density at radius 1 is 1.16 bits per heavy atom. The molecule has 0 aliphatic heterocycles. The van der Waals surface area contributed by atoms with Crippen LogP contribution in [-0.4, -0.2) is 28.7 Å².